The Balaban J connectivity index is 2.37. The van der Waals surface area contributed by atoms with Gasteiger partial charge in [0.2, 0.25) is 0 Å². The molecule has 4 heteroatoms. The van der Waals surface area contributed by atoms with Gasteiger partial charge in [0.15, 0.2) is 5.82 Å². The van der Waals surface area contributed by atoms with Crippen LogP contribution in [0.1, 0.15) is 57.1 Å². The van der Waals surface area contributed by atoms with Crippen LogP contribution in [-0.4, -0.2) is 23.1 Å². The highest BCUT2D eigenvalue weighted by molar-refractivity contribution is 5.47. The minimum atomic E-state index is -0.306. The molecule has 2 rings (SSSR count). The fraction of sp³-hybridized carbons (Fsp3) is 0.733. The maximum atomic E-state index is 5.86. The van der Waals surface area contributed by atoms with Crippen LogP contribution in [0.5, 0.6) is 0 Å². The second-order valence-electron chi connectivity index (χ2n) is 5.42. The van der Waals surface area contributed by atoms with Gasteiger partial charge in [-0.2, -0.15) is 0 Å². The molecule has 0 aromatic carbocycles. The second-order valence-corrected chi connectivity index (χ2v) is 5.42. The molecular weight excluding hydrogens is 238 g/mol. The van der Waals surface area contributed by atoms with Gasteiger partial charge in [-0.3, -0.25) is 0 Å². The van der Waals surface area contributed by atoms with Crippen molar-refractivity contribution < 1.29 is 4.74 Å². The Bertz CT molecular complexity index is 439. The number of nitrogens with zero attached hydrogens (tertiary/aromatic N) is 2. The average Bonchev–Trinajstić information content (AvgIpc) is 2.84. The molecule has 1 aliphatic heterocycles. The van der Waals surface area contributed by atoms with Crippen LogP contribution in [0.15, 0.2) is 0 Å². The summed E-state index contributed by atoms with van der Waals surface area (Å²) >= 11 is 0. The molecule has 1 saturated heterocycles. The fourth-order valence-electron chi connectivity index (χ4n) is 2.60. The lowest BCUT2D eigenvalue weighted by atomic mass is 10.0. The average molecular weight is 263 g/mol. The number of hydrogen-bond acceptors (Lipinski definition) is 4. The van der Waals surface area contributed by atoms with E-state index in [0.29, 0.717) is 0 Å². The number of ether oxygens (including phenoxy) is 1. The van der Waals surface area contributed by atoms with Crippen molar-refractivity contribution in [3.63, 3.8) is 0 Å². The van der Waals surface area contributed by atoms with Crippen molar-refractivity contribution in [3.05, 3.63) is 17.1 Å². The molecule has 0 saturated carbocycles. The van der Waals surface area contributed by atoms with Crippen molar-refractivity contribution in [2.75, 3.05) is 18.5 Å². The summed E-state index contributed by atoms with van der Waals surface area (Å²) in [6.07, 6.45) is 4.14. The lowest BCUT2D eigenvalue weighted by Crippen LogP contribution is -2.25. The van der Waals surface area contributed by atoms with Gasteiger partial charge < -0.3 is 10.1 Å². The van der Waals surface area contributed by atoms with E-state index in [4.69, 9.17) is 14.7 Å². The SMILES string of the molecule is CCCNc1nc(C2(C)CCCO2)nc(C)c1CC. The molecule has 1 atom stereocenters. The molecule has 1 fully saturated rings. The molecule has 1 N–H and O–H groups in total. The van der Waals surface area contributed by atoms with Crippen LogP contribution in [0.25, 0.3) is 0 Å². The van der Waals surface area contributed by atoms with Gasteiger partial charge in [0, 0.05) is 24.4 Å². The Hall–Kier alpha value is -1.16. The third kappa shape index (κ3) is 2.89. The zero-order valence-electron chi connectivity index (χ0n) is 12.5. The lowest BCUT2D eigenvalue weighted by molar-refractivity contribution is 0.00928. The first-order chi connectivity index (χ1) is 9.10. The number of anilines is 1. The van der Waals surface area contributed by atoms with Gasteiger partial charge >= 0.3 is 0 Å². The molecule has 0 spiro atoms. The quantitative estimate of drug-likeness (QED) is 0.886. The predicted octanol–water partition coefficient (Wildman–Crippen LogP) is 3.19. The molecule has 106 valence electrons. The molecule has 1 aromatic rings. The van der Waals surface area contributed by atoms with Gasteiger partial charge in [-0.1, -0.05) is 13.8 Å². The van der Waals surface area contributed by atoms with Gasteiger partial charge in [-0.25, -0.2) is 9.97 Å². The van der Waals surface area contributed by atoms with Crippen molar-refractivity contribution in [2.45, 2.75) is 59.0 Å². The monoisotopic (exact) mass is 263 g/mol. The molecule has 4 nitrogen and oxygen atoms in total. The van der Waals surface area contributed by atoms with Crippen molar-refractivity contribution in [1.29, 1.82) is 0 Å². The molecule has 1 unspecified atom stereocenters. The van der Waals surface area contributed by atoms with E-state index in [0.717, 1.165) is 56.2 Å². The van der Waals surface area contributed by atoms with Crippen molar-refractivity contribution in [2.24, 2.45) is 0 Å². The van der Waals surface area contributed by atoms with Crippen LogP contribution in [0.2, 0.25) is 0 Å². The van der Waals surface area contributed by atoms with Gasteiger partial charge in [0.1, 0.15) is 11.4 Å². The van der Waals surface area contributed by atoms with E-state index in [-0.39, 0.29) is 5.60 Å². The standard InChI is InChI=1S/C15H25N3O/c1-5-9-16-13-12(6-2)11(3)17-14(18-13)15(4)8-7-10-19-15/h5-10H2,1-4H3,(H,16,17,18). The van der Waals surface area contributed by atoms with Crippen molar-refractivity contribution in [3.8, 4) is 0 Å². The fourth-order valence-corrected chi connectivity index (χ4v) is 2.60. The van der Waals surface area contributed by atoms with E-state index >= 15 is 0 Å². The summed E-state index contributed by atoms with van der Waals surface area (Å²) in [6.45, 7) is 10.2. The number of aryl methyl sites for hydroxylation is 1. The van der Waals surface area contributed by atoms with Crippen LogP contribution in [0.3, 0.4) is 0 Å². The smallest absolute Gasteiger partial charge is 0.162 e. The summed E-state index contributed by atoms with van der Waals surface area (Å²) in [6, 6.07) is 0. The summed E-state index contributed by atoms with van der Waals surface area (Å²) < 4.78 is 5.86. The minimum absolute atomic E-state index is 0.306. The third-order valence-electron chi connectivity index (χ3n) is 3.80. The summed E-state index contributed by atoms with van der Waals surface area (Å²) in [4.78, 5) is 9.44. The highest BCUT2D eigenvalue weighted by atomic mass is 16.5. The molecule has 0 amide bonds. The first kappa shape index (κ1) is 14.3. The van der Waals surface area contributed by atoms with Crippen molar-refractivity contribution in [1.82, 2.24) is 9.97 Å². The lowest BCUT2D eigenvalue weighted by Gasteiger charge is -2.23. The van der Waals surface area contributed by atoms with Gasteiger partial charge in [0.25, 0.3) is 0 Å². The normalized spacial score (nSPS) is 22.7. The molecule has 0 radical (unpaired) electrons. The summed E-state index contributed by atoms with van der Waals surface area (Å²) in [7, 11) is 0. The van der Waals surface area contributed by atoms with Gasteiger partial charge in [-0.05, 0) is 39.5 Å². The molecular formula is C15H25N3O. The first-order valence-electron chi connectivity index (χ1n) is 7.36. The first-order valence-corrected chi connectivity index (χ1v) is 7.36. The Morgan fingerprint density at radius 2 is 2.11 bits per heavy atom. The number of rotatable bonds is 5. The van der Waals surface area contributed by atoms with E-state index in [1.165, 1.54) is 5.56 Å². The maximum absolute atomic E-state index is 5.86. The molecule has 2 heterocycles. The van der Waals surface area contributed by atoms with Crippen LogP contribution in [0.4, 0.5) is 5.82 Å². The Kier molecular flexibility index (Phi) is 4.40. The number of aromatic nitrogens is 2. The van der Waals surface area contributed by atoms with E-state index in [2.05, 4.69) is 33.0 Å². The third-order valence-corrected chi connectivity index (χ3v) is 3.80. The molecule has 0 bridgehead atoms. The topological polar surface area (TPSA) is 47.0 Å². The van der Waals surface area contributed by atoms with Crippen LogP contribution >= 0.6 is 0 Å². The largest absolute Gasteiger partial charge is 0.370 e. The van der Waals surface area contributed by atoms with E-state index in [9.17, 15) is 0 Å². The molecule has 1 aromatic heterocycles. The number of hydrogen-bond donors (Lipinski definition) is 1. The highest BCUT2D eigenvalue weighted by Crippen LogP contribution is 2.34. The highest BCUT2D eigenvalue weighted by Gasteiger charge is 2.35. The molecule has 1 aliphatic rings. The summed E-state index contributed by atoms with van der Waals surface area (Å²) in [5.41, 5.74) is 1.99. The molecule has 19 heavy (non-hydrogen) atoms. The van der Waals surface area contributed by atoms with Crippen LogP contribution < -0.4 is 5.32 Å². The zero-order valence-corrected chi connectivity index (χ0v) is 12.5. The Labute approximate surface area is 116 Å². The maximum Gasteiger partial charge on any atom is 0.162 e. The van der Waals surface area contributed by atoms with E-state index < -0.39 is 0 Å². The predicted molar refractivity (Wildman–Crippen MR) is 77.5 cm³/mol. The van der Waals surface area contributed by atoms with E-state index in [1.807, 2.05) is 0 Å². The molecule has 0 aliphatic carbocycles. The van der Waals surface area contributed by atoms with E-state index in [1.54, 1.807) is 0 Å². The van der Waals surface area contributed by atoms with Crippen molar-refractivity contribution >= 4 is 5.82 Å². The number of nitrogens with one attached hydrogen (secondary N) is 1. The van der Waals surface area contributed by atoms with Crippen LogP contribution in [-0.2, 0) is 16.8 Å². The second kappa shape index (κ2) is 5.87. The minimum Gasteiger partial charge on any atom is -0.370 e. The zero-order chi connectivity index (χ0) is 13.9. The summed E-state index contributed by atoms with van der Waals surface area (Å²) in [5.74, 6) is 1.82. The Morgan fingerprint density at radius 1 is 1.32 bits per heavy atom. The van der Waals surface area contributed by atoms with Gasteiger partial charge in [0.05, 0.1) is 0 Å². The van der Waals surface area contributed by atoms with Gasteiger partial charge in [-0.15, -0.1) is 0 Å². The Morgan fingerprint density at radius 3 is 2.68 bits per heavy atom. The van der Waals surface area contributed by atoms with Crippen LogP contribution in [0, 0.1) is 6.92 Å². The summed E-state index contributed by atoms with van der Waals surface area (Å²) in [5, 5.41) is 3.43.